The summed E-state index contributed by atoms with van der Waals surface area (Å²) in [4.78, 5) is 44.9. The molecule has 5 rings (SSSR count). The molecule has 1 aliphatic carbocycles. The van der Waals surface area contributed by atoms with Gasteiger partial charge in [0.05, 0.1) is 30.4 Å². The van der Waals surface area contributed by atoms with Gasteiger partial charge in [-0.3, -0.25) is 14.4 Å². The monoisotopic (exact) mass is 614 g/mol. The van der Waals surface area contributed by atoms with E-state index in [0.717, 1.165) is 16.6 Å². The number of nitrogens with zero attached hydrogens (tertiary/aromatic N) is 3. The molecule has 2 aromatic carbocycles. The molecule has 203 valence electrons. The predicted molar refractivity (Wildman–Crippen MR) is 148 cm³/mol. The molecule has 3 aromatic rings. The molecule has 2 heterocycles. The van der Waals surface area contributed by atoms with Gasteiger partial charge in [0.2, 0.25) is 11.8 Å². The van der Waals surface area contributed by atoms with Crippen molar-refractivity contribution in [1.82, 2.24) is 15.2 Å². The van der Waals surface area contributed by atoms with Gasteiger partial charge in [0.1, 0.15) is 23.6 Å². The molecular formula is C29H30BN4O5Y-. The number of aromatic nitrogens is 1. The molecule has 1 N–H and O–H groups in total. The summed E-state index contributed by atoms with van der Waals surface area (Å²) in [7, 11) is 7.01. The molecule has 1 aliphatic heterocycles. The van der Waals surface area contributed by atoms with Crippen molar-refractivity contribution in [2.45, 2.75) is 56.8 Å². The second-order valence-corrected chi connectivity index (χ2v) is 10.2. The van der Waals surface area contributed by atoms with Crippen molar-refractivity contribution in [3.05, 3.63) is 59.8 Å². The number of benzene rings is 2. The van der Waals surface area contributed by atoms with Crippen molar-refractivity contribution in [3.63, 3.8) is 0 Å². The minimum Gasteiger partial charge on any atom is -0.690 e. The number of hydrogen-bond acceptors (Lipinski definition) is 6. The first-order valence-electron chi connectivity index (χ1n) is 13.0. The van der Waals surface area contributed by atoms with E-state index in [2.05, 4.69) is 10.5 Å². The molecule has 1 aromatic heterocycles. The van der Waals surface area contributed by atoms with Crippen LogP contribution < -0.4 is 14.8 Å². The van der Waals surface area contributed by atoms with Crippen LogP contribution in [0.25, 0.3) is 27.4 Å². The van der Waals surface area contributed by atoms with Gasteiger partial charge in [-0.2, -0.15) is 0 Å². The minimum atomic E-state index is -0.834. The maximum Gasteiger partial charge on any atom is 0.243 e. The van der Waals surface area contributed by atoms with Crippen LogP contribution >= 0.6 is 0 Å². The van der Waals surface area contributed by atoms with Crippen molar-refractivity contribution >= 4 is 36.5 Å². The van der Waals surface area contributed by atoms with Crippen LogP contribution in [0, 0.1) is 0 Å². The third kappa shape index (κ3) is 6.09. The number of pyridine rings is 1. The molecule has 2 amide bonds. The zero-order valence-corrected chi connectivity index (χ0v) is 25.6. The van der Waals surface area contributed by atoms with E-state index < -0.39 is 23.7 Å². The number of nitrogens with one attached hydrogen (secondary N) is 1. The summed E-state index contributed by atoms with van der Waals surface area (Å²) in [5.41, 5.74) is 1.50. The minimum absolute atomic E-state index is 0. The van der Waals surface area contributed by atoms with E-state index in [0.29, 0.717) is 29.9 Å². The topological polar surface area (TPSA) is 112 Å². The molecule has 2 aliphatic rings. The summed E-state index contributed by atoms with van der Waals surface area (Å²) in [5.74, 6) is 0.418. The van der Waals surface area contributed by atoms with Gasteiger partial charge in [-0.05, 0) is 31.9 Å². The molecule has 1 saturated carbocycles. The molecule has 0 spiro atoms. The average Bonchev–Trinajstić information content (AvgIpc) is 3.62. The van der Waals surface area contributed by atoms with Crippen molar-refractivity contribution < 1.29 is 56.6 Å². The molecule has 3 atom stereocenters. The molecule has 1 saturated heterocycles. The third-order valence-electron chi connectivity index (χ3n) is 7.56. The van der Waals surface area contributed by atoms with Gasteiger partial charge in [-0.25, -0.2) is 4.98 Å². The van der Waals surface area contributed by atoms with Gasteiger partial charge in [0, 0.05) is 62.2 Å². The van der Waals surface area contributed by atoms with Crippen LogP contribution in [0.3, 0.4) is 0 Å². The molecule has 3 radical (unpaired) electrons. The maximum absolute atomic E-state index is 13.4. The predicted octanol–water partition coefficient (Wildman–Crippen LogP) is 3.34. The molecule has 9 nitrogen and oxygen atoms in total. The van der Waals surface area contributed by atoms with Crippen molar-refractivity contribution in [2.75, 3.05) is 13.7 Å². The number of rotatable bonds is 9. The number of amides is 2. The quantitative estimate of drug-likeness (QED) is 0.371. The van der Waals surface area contributed by atoms with Crippen molar-refractivity contribution in [3.8, 4) is 22.8 Å². The van der Waals surface area contributed by atoms with Crippen LogP contribution in [0.15, 0.2) is 54.6 Å². The van der Waals surface area contributed by atoms with Crippen molar-refractivity contribution in [1.29, 1.82) is 0 Å². The molecule has 11 heteroatoms. The summed E-state index contributed by atoms with van der Waals surface area (Å²) < 4.78 is 11.9. The van der Waals surface area contributed by atoms with Crippen LogP contribution in [0.1, 0.15) is 33.1 Å². The van der Waals surface area contributed by atoms with Gasteiger partial charge < -0.3 is 24.9 Å². The Hall–Kier alpha value is -2.81. The Morgan fingerprint density at radius 3 is 2.50 bits per heavy atom. The largest absolute Gasteiger partial charge is 0.690 e. The Morgan fingerprint density at radius 1 is 1.15 bits per heavy atom. The second-order valence-electron chi connectivity index (χ2n) is 10.2. The Kier molecular flexibility index (Phi) is 9.32. The second kappa shape index (κ2) is 12.4. The van der Waals surface area contributed by atoms with Crippen LogP contribution in [-0.2, 0) is 47.1 Å². The number of carbonyl (C=O) groups is 3. The fourth-order valence-corrected chi connectivity index (χ4v) is 5.03. The number of ketones is 1. The Balaban J connectivity index is 0.00000370. The fourth-order valence-electron chi connectivity index (χ4n) is 5.03. The standard InChI is InChI=1S/C29H30BN4O5.Y/c1-17(33-30)28(37)34-16-21(14-25(34)27(36)32-29(11-12-29)18(2)35)39-26-15-23(19-7-5-4-6-8-19)31-24-13-20(38-3)9-10-22(24)26;/h4-10,13,15,17,21,25H,11-12,14,16H2,1-3H3,(H,32,36);/q-1;/t17-,21+,25-;/m1./s1. The molecule has 40 heavy (non-hydrogen) atoms. The number of methoxy groups -OCH3 is 1. The Morgan fingerprint density at radius 2 is 1.88 bits per heavy atom. The third-order valence-corrected chi connectivity index (χ3v) is 7.56. The summed E-state index contributed by atoms with van der Waals surface area (Å²) in [6, 6.07) is 15.5. The maximum atomic E-state index is 13.4. The summed E-state index contributed by atoms with van der Waals surface area (Å²) >= 11 is 0. The zero-order chi connectivity index (χ0) is 27.7. The van der Waals surface area contributed by atoms with E-state index >= 15 is 0 Å². The van der Waals surface area contributed by atoms with Crippen LogP contribution in [-0.4, -0.2) is 72.8 Å². The van der Waals surface area contributed by atoms with E-state index in [1.807, 2.05) is 54.6 Å². The van der Waals surface area contributed by atoms with Gasteiger partial charge in [-0.15, -0.1) is 7.98 Å². The molecular weight excluding hydrogens is 584 g/mol. The zero-order valence-electron chi connectivity index (χ0n) is 22.8. The molecule has 0 bridgehead atoms. The SMILES string of the molecule is [B][N-][C@H](C)C(=O)N1C[C@@H](Oc2cc(-c3ccccc3)nc3cc(OC)ccc23)C[C@@H]1C(=O)NC1(C(C)=O)CC1.[Y]. The van der Waals surface area contributed by atoms with Crippen LogP contribution in [0.2, 0.25) is 0 Å². The van der Waals surface area contributed by atoms with E-state index in [1.165, 1.54) is 11.8 Å². The number of likely N-dealkylation sites (tertiary alicyclic amines) is 1. The summed E-state index contributed by atoms with van der Waals surface area (Å²) in [6.45, 7) is 3.23. The molecule has 0 unspecified atom stereocenters. The number of ether oxygens (including phenoxy) is 2. The van der Waals surface area contributed by atoms with Gasteiger partial charge in [0.15, 0.2) is 5.78 Å². The van der Waals surface area contributed by atoms with Crippen molar-refractivity contribution in [2.24, 2.45) is 0 Å². The number of hydrogen-bond donors (Lipinski definition) is 1. The van der Waals surface area contributed by atoms with Crippen LogP contribution in [0.5, 0.6) is 11.5 Å². The summed E-state index contributed by atoms with van der Waals surface area (Å²) in [5, 5.41) is 7.28. The number of Topliss-reactive ketones (excluding diaryl/α,β-unsaturated/α-hetero) is 1. The smallest absolute Gasteiger partial charge is 0.243 e. The average molecular weight is 614 g/mol. The first-order chi connectivity index (χ1) is 18.7. The first kappa shape index (κ1) is 30.2. The van der Waals surface area contributed by atoms with E-state index in [4.69, 9.17) is 22.4 Å². The van der Waals surface area contributed by atoms with Crippen LogP contribution in [0.4, 0.5) is 0 Å². The normalized spacial score (nSPS) is 19.8. The van der Waals surface area contributed by atoms with E-state index in [1.54, 1.807) is 14.0 Å². The van der Waals surface area contributed by atoms with E-state index in [-0.39, 0.29) is 63.3 Å². The summed E-state index contributed by atoms with van der Waals surface area (Å²) in [6.07, 6.45) is 0.956. The van der Waals surface area contributed by atoms with Gasteiger partial charge in [-0.1, -0.05) is 43.3 Å². The molecule has 2 fully saturated rings. The Bertz CT molecular complexity index is 1420. The number of fused-ring (bicyclic) bond motifs is 1. The number of carbonyl (C=O) groups excluding carboxylic acids is 3. The first-order valence-corrected chi connectivity index (χ1v) is 13.0. The van der Waals surface area contributed by atoms with E-state index in [9.17, 15) is 14.4 Å². The fraction of sp³-hybridized carbons (Fsp3) is 0.379. The van der Waals surface area contributed by atoms with Gasteiger partial charge >= 0.3 is 0 Å². The Labute approximate surface area is 260 Å². The van der Waals surface area contributed by atoms with Gasteiger partial charge in [0.25, 0.3) is 0 Å².